The van der Waals surface area contributed by atoms with E-state index in [1.165, 1.54) is 22.1 Å². The predicted octanol–water partition coefficient (Wildman–Crippen LogP) is 4.06. The molecule has 12 heteroatoms. The van der Waals surface area contributed by atoms with Gasteiger partial charge < -0.3 is 10.1 Å². The number of aromatic nitrogens is 2. The van der Waals surface area contributed by atoms with E-state index in [4.69, 9.17) is 0 Å². The van der Waals surface area contributed by atoms with Gasteiger partial charge in [0.1, 0.15) is 12.0 Å². The highest BCUT2D eigenvalue weighted by molar-refractivity contribution is 7.12. The number of nitrogens with one attached hydrogen (secondary N) is 1. The molecule has 0 aliphatic heterocycles. The summed E-state index contributed by atoms with van der Waals surface area (Å²) in [6.07, 6.45) is 3.41. The number of ketones is 1. The second-order valence-corrected chi connectivity index (χ2v) is 10.7. The van der Waals surface area contributed by atoms with Crippen LogP contribution in [0.2, 0.25) is 0 Å². The number of hydrogen-bond donors (Lipinski definition) is 1. The summed E-state index contributed by atoms with van der Waals surface area (Å²) in [5.74, 6) is -0.352. The van der Waals surface area contributed by atoms with E-state index in [0.29, 0.717) is 42.2 Å². The topological polar surface area (TPSA) is 97.9 Å². The first-order valence-corrected chi connectivity index (χ1v) is 12.8. The predicted molar refractivity (Wildman–Crippen MR) is 126 cm³/mol. The Morgan fingerprint density at radius 2 is 2.14 bits per heavy atom. The van der Waals surface area contributed by atoms with Gasteiger partial charge in [-0.25, -0.2) is 14.1 Å². The zero-order valence-corrected chi connectivity index (χ0v) is 20.5. The maximum absolute atomic E-state index is 13.4. The number of rotatable bonds is 10. The van der Waals surface area contributed by atoms with Crippen LogP contribution in [0.3, 0.4) is 0 Å². The first kappa shape index (κ1) is 24.7. The van der Waals surface area contributed by atoms with Gasteiger partial charge in [0.25, 0.3) is 5.91 Å². The number of alkyl halides is 3. The van der Waals surface area contributed by atoms with Gasteiger partial charge in [0.05, 0.1) is 23.5 Å². The smallest absolute Gasteiger partial charge is 0.388 e. The van der Waals surface area contributed by atoms with E-state index in [2.05, 4.69) is 31.1 Å². The maximum atomic E-state index is 13.4. The molecule has 3 atom stereocenters. The Morgan fingerprint density at radius 1 is 1.36 bits per heavy atom. The summed E-state index contributed by atoms with van der Waals surface area (Å²) in [6, 6.07) is 3.71. The Labute approximate surface area is 209 Å². The summed E-state index contributed by atoms with van der Waals surface area (Å²) < 4.78 is 43.8. The van der Waals surface area contributed by atoms with Crippen LogP contribution >= 0.6 is 11.3 Å². The number of halogens is 3. The van der Waals surface area contributed by atoms with Gasteiger partial charge in [0.15, 0.2) is 5.82 Å². The zero-order valence-electron chi connectivity index (χ0n) is 19.7. The van der Waals surface area contributed by atoms with Crippen molar-refractivity contribution >= 4 is 34.9 Å². The first-order chi connectivity index (χ1) is 17.3. The number of aryl methyl sites for hydroxylation is 2. The molecule has 2 heterocycles. The normalized spacial score (nSPS) is 22.5. The number of ether oxygens (including phenoxy) is 1. The number of amides is 1. The lowest BCUT2D eigenvalue weighted by Gasteiger charge is -2.19. The van der Waals surface area contributed by atoms with Crippen LogP contribution in [-0.4, -0.2) is 52.8 Å². The lowest BCUT2D eigenvalue weighted by molar-refractivity contribution is -0.119. The maximum Gasteiger partial charge on any atom is 0.388 e. The second kappa shape index (κ2) is 10.2. The molecule has 2 saturated carbocycles. The van der Waals surface area contributed by atoms with Gasteiger partial charge in [-0.1, -0.05) is 0 Å². The third kappa shape index (κ3) is 5.70. The Hall–Kier alpha value is -2.98. The highest BCUT2D eigenvalue weighted by Gasteiger charge is 2.43. The standard InChI is InChI=1S/C24H26F3N5O3S/c1-32-20(9-21(31-32)35-24(26)27)30-11-29-13-4-5-18-15(6-13)22(23(34)28-10-12-2-3-12)19(36-18)8-17(33)14-7-16(14)25/h9,12-14,16,24H,2-8,10H2,1H3,(H,28,34)/t13-,14+,16-/m0/s1. The van der Waals surface area contributed by atoms with Crippen LogP contribution in [0.1, 0.15) is 51.4 Å². The van der Waals surface area contributed by atoms with Crippen LogP contribution in [0.25, 0.3) is 0 Å². The molecule has 2 aromatic heterocycles. The van der Waals surface area contributed by atoms with E-state index in [9.17, 15) is 22.8 Å². The van der Waals surface area contributed by atoms with Crippen molar-refractivity contribution in [3.63, 3.8) is 0 Å². The van der Waals surface area contributed by atoms with E-state index in [1.54, 1.807) is 7.05 Å². The SMILES string of the molecule is Cn1nc(OC(F)F)cc1N=C=N[C@H]1CCc2sc(CC(=O)[C@@H]3C[C@@H]3F)c(C(=O)NCC3CC3)c2C1. The van der Waals surface area contributed by atoms with Gasteiger partial charge in [-0.05, 0) is 50.0 Å². The number of carbonyl (C=O) groups excluding carboxylic acids is 2. The van der Waals surface area contributed by atoms with Crippen LogP contribution in [-0.2, 0) is 31.1 Å². The number of thiophene rings is 1. The van der Waals surface area contributed by atoms with Gasteiger partial charge in [0.2, 0.25) is 5.88 Å². The highest BCUT2D eigenvalue weighted by atomic mass is 32.1. The highest BCUT2D eigenvalue weighted by Crippen LogP contribution is 2.39. The molecule has 3 aliphatic carbocycles. The fraction of sp³-hybridized carbons (Fsp3) is 0.583. The average Bonchev–Trinajstić information content (AvgIpc) is 3.72. The van der Waals surface area contributed by atoms with Crippen LogP contribution < -0.4 is 10.1 Å². The van der Waals surface area contributed by atoms with Crippen LogP contribution in [0.15, 0.2) is 16.1 Å². The lowest BCUT2D eigenvalue weighted by atomic mass is 9.90. The minimum Gasteiger partial charge on any atom is -0.415 e. The minimum atomic E-state index is -2.98. The van der Waals surface area contributed by atoms with Crippen molar-refractivity contribution in [1.29, 1.82) is 0 Å². The quantitative estimate of drug-likeness (QED) is 0.477. The molecule has 3 aliphatic rings. The molecule has 0 unspecified atom stereocenters. The van der Waals surface area contributed by atoms with E-state index in [0.717, 1.165) is 23.3 Å². The molecule has 8 nitrogen and oxygen atoms in total. The molecule has 0 bridgehead atoms. The Balaban J connectivity index is 1.33. The molecule has 0 aromatic carbocycles. The molecule has 1 amide bonds. The third-order valence-corrected chi connectivity index (χ3v) is 7.98. The van der Waals surface area contributed by atoms with Crippen molar-refractivity contribution in [2.75, 3.05) is 6.54 Å². The zero-order chi connectivity index (χ0) is 25.4. The first-order valence-electron chi connectivity index (χ1n) is 12.0. The summed E-state index contributed by atoms with van der Waals surface area (Å²) in [7, 11) is 1.54. The lowest BCUT2D eigenvalue weighted by Crippen LogP contribution is -2.28. The molecule has 2 fully saturated rings. The molecule has 192 valence electrons. The van der Waals surface area contributed by atoms with Crippen molar-refractivity contribution in [2.45, 2.75) is 63.8 Å². The molecular formula is C24H26F3N5O3S. The summed E-state index contributed by atoms with van der Waals surface area (Å²) >= 11 is 1.47. The summed E-state index contributed by atoms with van der Waals surface area (Å²) in [5, 5.41) is 6.81. The van der Waals surface area contributed by atoms with Crippen LogP contribution in [0.5, 0.6) is 5.88 Å². The van der Waals surface area contributed by atoms with Crippen molar-refractivity contribution in [2.24, 2.45) is 28.9 Å². The Kier molecular flexibility index (Phi) is 6.98. The number of nitrogens with zero attached hydrogens (tertiary/aromatic N) is 4. The molecule has 0 radical (unpaired) electrons. The molecule has 5 rings (SSSR count). The van der Waals surface area contributed by atoms with Crippen molar-refractivity contribution in [3.8, 4) is 5.88 Å². The van der Waals surface area contributed by atoms with Crippen LogP contribution in [0.4, 0.5) is 19.0 Å². The van der Waals surface area contributed by atoms with Crippen LogP contribution in [0, 0.1) is 11.8 Å². The number of Topliss-reactive ketones (excluding diaryl/α,β-unsaturated/α-hetero) is 1. The number of hydrogen-bond acceptors (Lipinski definition) is 7. The summed E-state index contributed by atoms with van der Waals surface area (Å²) in [4.78, 5) is 35.9. The van der Waals surface area contributed by atoms with Crippen molar-refractivity contribution in [1.82, 2.24) is 15.1 Å². The number of fused-ring (bicyclic) bond motifs is 1. The Morgan fingerprint density at radius 3 is 2.83 bits per heavy atom. The van der Waals surface area contributed by atoms with E-state index in [-0.39, 0.29) is 42.3 Å². The minimum absolute atomic E-state index is 0.0772. The van der Waals surface area contributed by atoms with Gasteiger partial charge in [-0.2, -0.15) is 13.8 Å². The fourth-order valence-corrected chi connectivity index (χ4v) is 5.76. The van der Waals surface area contributed by atoms with E-state index >= 15 is 0 Å². The Bertz CT molecular complexity index is 1230. The van der Waals surface area contributed by atoms with E-state index < -0.39 is 18.7 Å². The molecule has 0 spiro atoms. The summed E-state index contributed by atoms with van der Waals surface area (Å²) in [5.41, 5.74) is 1.43. The van der Waals surface area contributed by atoms with Crippen molar-refractivity contribution in [3.05, 3.63) is 26.9 Å². The third-order valence-electron chi connectivity index (χ3n) is 6.69. The van der Waals surface area contributed by atoms with Gasteiger partial charge in [-0.3, -0.25) is 9.59 Å². The van der Waals surface area contributed by atoms with E-state index in [1.807, 2.05) is 0 Å². The molecule has 1 N–H and O–H groups in total. The fourth-order valence-electron chi connectivity index (χ4n) is 4.40. The van der Waals surface area contributed by atoms with Crippen molar-refractivity contribution < 1.29 is 27.5 Å². The average molecular weight is 522 g/mol. The van der Waals surface area contributed by atoms with Gasteiger partial charge in [-0.15, -0.1) is 16.4 Å². The molecular weight excluding hydrogens is 495 g/mol. The summed E-state index contributed by atoms with van der Waals surface area (Å²) in [6.45, 7) is -2.37. The molecule has 0 saturated heterocycles. The molecule has 2 aromatic rings. The van der Waals surface area contributed by atoms with Gasteiger partial charge >= 0.3 is 6.61 Å². The second-order valence-electron chi connectivity index (χ2n) is 9.54. The monoisotopic (exact) mass is 521 g/mol. The largest absolute Gasteiger partial charge is 0.415 e. The number of carbonyl (C=O) groups is 2. The molecule has 36 heavy (non-hydrogen) atoms. The number of aliphatic imine (C=N–C) groups is 2. The van der Waals surface area contributed by atoms with Gasteiger partial charge in [0, 0.05) is 35.8 Å².